The predicted octanol–water partition coefficient (Wildman–Crippen LogP) is 3.32. The maximum atomic E-state index is 12.5. The second kappa shape index (κ2) is 6.13. The molecule has 1 aliphatic rings. The normalized spacial score (nSPS) is 18.8. The van der Waals surface area contributed by atoms with Crippen LogP contribution in [0.15, 0.2) is 29.6 Å². The number of halogens is 1. The topological polar surface area (TPSA) is 42.4 Å². The Balaban J connectivity index is 1.81. The average molecular weight is 323 g/mol. The van der Waals surface area contributed by atoms with Gasteiger partial charge in [0.1, 0.15) is 10.7 Å². The Morgan fingerprint density at radius 1 is 1.43 bits per heavy atom. The number of thiazole rings is 1. The predicted molar refractivity (Wildman–Crippen MR) is 83.9 cm³/mol. The van der Waals surface area contributed by atoms with Gasteiger partial charge in [0.15, 0.2) is 0 Å². The van der Waals surface area contributed by atoms with Crippen LogP contribution in [0.1, 0.15) is 17.4 Å². The third kappa shape index (κ3) is 3.10. The molecule has 0 radical (unpaired) electrons. The Hall–Kier alpha value is -1.43. The van der Waals surface area contributed by atoms with Crippen LogP contribution >= 0.6 is 22.9 Å². The van der Waals surface area contributed by atoms with E-state index in [1.54, 1.807) is 0 Å². The van der Waals surface area contributed by atoms with Crippen molar-refractivity contribution in [3.8, 4) is 10.6 Å². The molecule has 4 nitrogen and oxygen atoms in total. The van der Waals surface area contributed by atoms with Crippen molar-refractivity contribution in [1.82, 2.24) is 9.88 Å². The summed E-state index contributed by atoms with van der Waals surface area (Å²) < 4.78 is 5.36. The molecular formula is C15H15ClN2O2S. The summed E-state index contributed by atoms with van der Waals surface area (Å²) in [5.41, 5.74) is 1.47. The number of amides is 1. The number of nitrogens with zero attached hydrogens (tertiary/aromatic N) is 2. The molecule has 1 aliphatic heterocycles. The molecule has 2 aromatic rings. The summed E-state index contributed by atoms with van der Waals surface area (Å²) in [6, 6.07) is 7.56. The highest BCUT2D eigenvalue weighted by Crippen LogP contribution is 2.26. The fourth-order valence-electron chi connectivity index (χ4n) is 2.27. The molecule has 110 valence electrons. The quantitative estimate of drug-likeness (QED) is 0.851. The fraction of sp³-hybridized carbons (Fsp3) is 0.333. The number of benzene rings is 1. The Morgan fingerprint density at radius 2 is 2.19 bits per heavy atom. The number of morpholine rings is 1. The highest BCUT2D eigenvalue weighted by Gasteiger charge is 2.26. The third-order valence-electron chi connectivity index (χ3n) is 3.44. The maximum Gasteiger partial charge on any atom is 0.273 e. The molecule has 1 atom stereocenters. The number of carbonyl (C=O) groups is 1. The molecule has 6 heteroatoms. The van der Waals surface area contributed by atoms with Crippen molar-refractivity contribution in [1.29, 1.82) is 0 Å². The third-order valence-corrected chi connectivity index (χ3v) is 4.59. The van der Waals surface area contributed by atoms with Gasteiger partial charge >= 0.3 is 0 Å². The van der Waals surface area contributed by atoms with Gasteiger partial charge in [0.25, 0.3) is 5.91 Å². The van der Waals surface area contributed by atoms with E-state index >= 15 is 0 Å². The number of rotatable bonds is 2. The van der Waals surface area contributed by atoms with Gasteiger partial charge in [0, 0.05) is 22.5 Å². The van der Waals surface area contributed by atoms with Crippen molar-refractivity contribution in [2.24, 2.45) is 0 Å². The lowest BCUT2D eigenvalue weighted by Gasteiger charge is -2.32. The summed E-state index contributed by atoms with van der Waals surface area (Å²) in [6.07, 6.45) is 0. The van der Waals surface area contributed by atoms with E-state index in [2.05, 4.69) is 4.98 Å². The van der Waals surface area contributed by atoms with E-state index in [9.17, 15) is 4.79 Å². The minimum atomic E-state index is -0.0257. The van der Waals surface area contributed by atoms with Gasteiger partial charge < -0.3 is 9.64 Å². The number of hydrogen-bond acceptors (Lipinski definition) is 4. The summed E-state index contributed by atoms with van der Waals surface area (Å²) in [5.74, 6) is -0.0257. The molecule has 21 heavy (non-hydrogen) atoms. The van der Waals surface area contributed by atoms with Crippen LogP contribution in [0, 0.1) is 0 Å². The Labute approximate surface area is 132 Å². The van der Waals surface area contributed by atoms with E-state index in [0.29, 0.717) is 30.5 Å². The largest absolute Gasteiger partial charge is 0.377 e. The minimum Gasteiger partial charge on any atom is -0.377 e. The lowest BCUT2D eigenvalue weighted by atomic mass is 10.2. The zero-order valence-corrected chi connectivity index (χ0v) is 13.2. The summed E-state index contributed by atoms with van der Waals surface area (Å²) in [5, 5.41) is 3.33. The van der Waals surface area contributed by atoms with Crippen LogP contribution in [-0.4, -0.2) is 41.6 Å². The van der Waals surface area contributed by atoms with Crippen molar-refractivity contribution < 1.29 is 9.53 Å². The van der Waals surface area contributed by atoms with Crippen LogP contribution in [0.3, 0.4) is 0 Å². The van der Waals surface area contributed by atoms with Gasteiger partial charge in [-0.3, -0.25) is 4.79 Å². The first-order valence-corrected chi connectivity index (χ1v) is 8.01. The Morgan fingerprint density at radius 3 is 2.90 bits per heavy atom. The van der Waals surface area contributed by atoms with Gasteiger partial charge in [-0.2, -0.15) is 0 Å². The standard InChI is InChI=1S/C15H15ClN2O2S/c1-10-8-20-7-6-18(10)15(19)13-9-21-14(17-13)11-2-4-12(16)5-3-11/h2-5,9-10H,6-8H2,1H3. The van der Waals surface area contributed by atoms with Gasteiger partial charge in [-0.25, -0.2) is 4.98 Å². The van der Waals surface area contributed by atoms with E-state index in [0.717, 1.165) is 10.6 Å². The summed E-state index contributed by atoms with van der Waals surface area (Å²) >= 11 is 7.35. The summed E-state index contributed by atoms with van der Waals surface area (Å²) in [6.45, 7) is 3.78. The molecule has 1 aromatic carbocycles. The molecule has 0 saturated carbocycles. The molecule has 1 saturated heterocycles. The molecule has 3 rings (SSSR count). The van der Waals surface area contributed by atoms with Crippen molar-refractivity contribution >= 4 is 28.8 Å². The molecule has 2 heterocycles. The van der Waals surface area contributed by atoms with Gasteiger partial charge in [-0.1, -0.05) is 23.7 Å². The zero-order valence-electron chi connectivity index (χ0n) is 11.6. The lowest BCUT2D eigenvalue weighted by molar-refractivity contribution is 0.00332. The van der Waals surface area contributed by atoms with Gasteiger partial charge in [0.2, 0.25) is 0 Å². The monoisotopic (exact) mass is 322 g/mol. The average Bonchev–Trinajstić information content (AvgIpc) is 2.98. The number of aromatic nitrogens is 1. The lowest BCUT2D eigenvalue weighted by Crippen LogP contribution is -2.47. The molecule has 1 amide bonds. The van der Waals surface area contributed by atoms with Gasteiger partial charge in [0.05, 0.1) is 19.3 Å². The smallest absolute Gasteiger partial charge is 0.273 e. The Kier molecular flexibility index (Phi) is 4.24. The number of carbonyl (C=O) groups excluding carboxylic acids is 1. The van der Waals surface area contributed by atoms with Gasteiger partial charge in [-0.05, 0) is 19.1 Å². The molecule has 1 unspecified atom stereocenters. The van der Waals surface area contributed by atoms with Crippen LogP contribution in [0.5, 0.6) is 0 Å². The summed E-state index contributed by atoms with van der Waals surface area (Å²) in [7, 11) is 0. The fourth-order valence-corrected chi connectivity index (χ4v) is 3.20. The van der Waals surface area contributed by atoms with Crippen LogP contribution in [0.2, 0.25) is 5.02 Å². The first-order chi connectivity index (χ1) is 10.1. The van der Waals surface area contributed by atoms with Gasteiger partial charge in [-0.15, -0.1) is 11.3 Å². The van der Waals surface area contributed by atoms with Crippen molar-refractivity contribution in [2.75, 3.05) is 19.8 Å². The molecular weight excluding hydrogens is 308 g/mol. The molecule has 0 spiro atoms. The molecule has 0 bridgehead atoms. The van der Waals surface area contributed by atoms with E-state index in [1.165, 1.54) is 11.3 Å². The van der Waals surface area contributed by atoms with Crippen LogP contribution in [0.25, 0.3) is 10.6 Å². The molecule has 0 N–H and O–H groups in total. The van der Waals surface area contributed by atoms with E-state index < -0.39 is 0 Å². The second-order valence-electron chi connectivity index (χ2n) is 4.97. The number of hydrogen-bond donors (Lipinski definition) is 0. The van der Waals surface area contributed by atoms with E-state index in [1.807, 2.05) is 41.5 Å². The van der Waals surface area contributed by atoms with Crippen LogP contribution < -0.4 is 0 Å². The first kappa shape index (κ1) is 14.5. The molecule has 0 aliphatic carbocycles. The van der Waals surface area contributed by atoms with Crippen LogP contribution in [0.4, 0.5) is 0 Å². The minimum absolute atomic E-state index is 0.0257. The zero-order chi connectivity index (χ0) is 14.8. The van der Waals surface area contributed by atoms with Crippen LogP contribution in [-0.2, 0) is 4.74 Å². The highest BCUT2D eigenvalue weighted by molar-refractivity contribution is 7.13. The highest BCUT2D eigenvalue weighted by atomic mass is 35.5. The molecule has 1 fully saturated rings. The van der Waals surface area contributed by atoms with Crippen molar-refractivity contribution in [3.63, 3.8) is 0 Å². The van der Waals surface area contributed by atoms with E-state index in [-0.39, 0.29) is 11.9 Å². The van der Waals surface area contributed by atoms with Crippen molar-refractivity contribution in [3.05, 3.63) is 40.4 Å². The maximum absolute atomic E-state index is 12.5. The van der Waals surface area contributed by atoms with E-state index in [4.69, 9.17) is 16.3 Å². The number of ether oxygens (including phenoxy) is 1. The molecule has 1 aromatic heterocycles. The SMILES string of the molecule is CC1COCCN1C(=O)c1csc(-c2ccc(Cl)cc2)n1. The second-order valence-corrected chi connectivity index (χ2v) is 6.26. The Bertz CT molecular complexity index is 641. The first-order valence-electron chi connectivity index (χ1n) is 6.75. The summed E-state index contributed by atoms with van der Waals surface area (Å²) in [4.78, 5) is 18.8. The van der Waals surface area contributed by atoms with Crippen molar-refractivity contribution in [2.45, 2.75) is 13.0 Å².